The molecule has 3 aromatic carbocycles. The van der Waals surface area contributed by atoms with Crippen molar-refractivity contribution in [3.8, 4) is 11.1 Å². The van der Waals surface area contributed by atoms with Crippen molar-refractivity contribution in [2.75, 3.05) is 20.1 Å². The molecule has 0 N–H and O–H groups in total. The first-order valence-electron chi connectivity index (χ1n) is 10.4. The molecule has 0 saturated heterocycles. The molecule has 0 bridgehead atoms. The second-order valence-electron chi connectivity index (χ2n) is 7.75. The van der Waals surface area contributed by atoms with E-state index in [-0.39, 0.29) is 11.8 Å². The van der Waals surface area contributed by atoms with Crippen molar-refractivity contribution in [2.24, 2.45) is 0 Å². The third-order valence-electron chi connectivity index (χ3n) is 5.73. The summed E-state index contributed by atoms with van der Waals surface area (Å²) in [4.78, 5) is 28.9. The maximum atomic E-state index is 12.7. The largest absolute Gasteiger partial charge is 0.341 e. The van der Waals surface area contributed by atoms with Crippen molar-refractivity contribution in [3.63, 3.8) is 0 Å². The normalized spacial score (nSPS) is 12.9. The van der Waals surface area contributed by atoms with E-state index in [0.717, 1.165) is 24.1 Å². The van der Waals surface area contributed by atoms with E-state index in [0.29, 0.717) is 25.1 Å². The van der Waals surface area contributed by atoms with Gasteiger partial charge in [-0.05, 0) is 40.8 Å². The second-order valence-corrected chi connectivity index (χ2v) is 7.75. The number of fused-ring (bicyclic) bond motifs is 1. The zero-order valence-corrected chi connectivity index (χ0v) is 17.3. The Bertz CT molecular complexity index is 1030. The highest BCUT2D eigenvalue weighted by atomic mass is 16.2. The molecule has 0 aromatic heterocycles. The van der Waals surface area contributed by atoms with Gasteiger partial charge in [-0.15, -0.1) is 0 Å². The SMILES string of the molecule is CN(CCC(=O)N1CCc2ccccc2C1)C(=O)c1ccc(-c2ccccc2)cc1. The first kappa shape index (κ1) is 19.9. The van der Waals surface area contributed by atoms with Gasteiger partial charge < -0.3 is 9.80 Å². The molecule has 1 aliphatic heterocycles. The zero-order chi connectivity index (χ0) is 20.9. The summed E-state index contributed by atoms with van der Waals surface area (Å²) < 4.78 is 0. The highest BCUT2D eigenvalue weighted by Gasteiger charge is 2.21. The van der Waals surface area contributed by atoms with Crippen molar-refractivity contribution in [1.29, 1.82) is 0 Å². The molecule has 4 nitrogen and oxygen atoms in total. The Balaban J connectivity index is 1.32. The number of hydrogen-bond acceptors (Lipinski definition) is 2. The summed E-state index contributed by atoms with van der Waals surface area (Å²) in [6, 6.07) is 26.0. The van der Waals surface area contributed by atoms with Crippen LogP contribution in [0.25, 0.3) is 11.1 Å². The summed E-state index contributed by atoms with van der Waals surface area (Å²) in [6.07, 6.45) is 1.23. The van der Waals surface area contributed by atoms with E-state index in [1.807, 2.05) is 71.6 Å². The van der Waals surface area contributed by atoms with E-state index >= 15 is 0 Å². The van der Waals surface area contributed by atoms with Gasteiger partial charge in [0.2, 0.25) is 5.91 Å². The molecule has 0 saturated carbocycles. The molecule has 3 aromatic rings. The molecule has 0 radical (unpaired) electrons. The van der Waals surface area contributed by atoms with Crippen molar-refractivity contribution in [1.82, 2.24) is 9.80 Å². The Hall–Kier alpha value is -3.40. The summed E-state index contributed by atoms with van der Waals surface area (Å²) in [5.74, 6) is 0.0370. The Morgan fingerprint density at radius 2 is 1.47 bits per heavy atom. The van der Waals surface area contributed by atoms with Crippen LogP contribution in [0.3, 0.4) is 0 Å². The summed E-state index contributed by atoms with van der Waals surface area (Å²) in [5.41, 5.74) is 5.39. The molecule has 0 unspecified atom stereocenters. The van der Waals surface area contributed by atoms with Gasteiger partial charge in [-0.2, -0.15) is 0 Å². The summed E-state index contributed by atoms with van der Waals surface area (Å²) >= 11 is 0. The number of amides is 2. The van der Waals surface area contributed by atoms with Gasteiger partial charge in [-0.1, -0.05) is 66.7 Å². The minimum atomic E-state index is -0.0635. The van der Waals surface area contributed by atoms with Gasteiger partial charge in [0, 0.05) is 38.7 Å². The molecule has 1 heterocycles. The van der Waals surface area contributed by atoms with Gasteiger partial charge in [-0.3, -0.25) is 9.59 Å². The number of carbonyl (C=O) groups excluding carboxylic acids is 2. The van der Waals surface area contributed by atoms with Gasteiger partial charge >= 0.3 is 0 Å². The monoisotopic (exact) mass is 398 g/mol. The molecule has 4 rings (SSSR count). The summed E-state index contributed by atoms with van der Waals surface area (Å²) in [7, 11) is 1.76. The van der Waals surface area contributed by atoms with Crippen LogP contribution in [-0.2, 0) is 17.8 Å². The molecule has 2 amide bonds. The third kappa shape index (κ3) is 4.43. The van der Waals surface area contributed by atoms with E-state index < -0.39 is 0 Å². The number of carbonyl (C=O) groups is 2. The lowest BCUT2D eigenvalue weighted by atomic mass is 10.00. The van der Waals surface area contributed by atoms with Crippen LogP contribution in [0.2, 0.25) is 0 Å². The van der Waals surface area contributed by atoms with Crippen LogP contribution in [0.4, 0.5) is 0 Å². The Labute approximate surface area is 177 Å². The predicted octanol–water partition coefficient (Wildman–Crippen LogP) is 4.40. The fraction of sp³-hybridized carbons (Fsp3) is 0.231. The fourth-order valence-corrected chi connectivity index (χ4v) is 3.89. The number of benzene rings is 3. The van der Waals surface area contributed by atoms with Crippen LogP contribution < -0.4 is 0 Å². The van der Waals surface area contributed by atoms with Crippen molar-refractivity contribution in [2.45, 2.75) is 19.4 Å². The Morgan fingerprint density at radius 3 is 2.20 bits per heavy atom. The van der Waals surface area contributed by atoms with Crippen molar-refractivity contribution in [3.05, 3.63) is 95.6 Å². The van der Waals surface area contributed by atoms with Gasteiger partial charge in [0.1, 0.15) is 0 Å². The van der Waals surface area contributed by atoms with E-state index in [4.69, 9.17) is 0 Å². The number of hydrogen-bond donors (Lipinski definition) is 0. The van der Waals surface area contributed by atoms with E-state index in [9.17, 15) is 9.59 Å². The van der Waals surface area contributed by atoms with Crippen LogP contribution in [0, 0.1) is 0 Å². The summed E-state index contributed by atoms with van der Waals surface area (Å²) in [6.45, 7) is 1.82. The first-order valence-corrected chi connectivity index (χ1v) is 10.4. The quantitative estimate of drug-likeness (QED) is 0.639. The van der Waals surface area contributed by atoms with Crippen molar-refractivity contribution < 1.29 is 9.59 Å². The molecule has 1 aliphatic rings. The number of rotatable bonds is 5. The third-order valence-corrected chi connectivity index (χ3v) is 5.73. The molecule has 0 fully saturated rings. The molecule has 0 aliphatic carbocycles. The minimum absolute atomic E-state index is 0.0635. The van der Waals surface area contributed by atoms with Gasteiger partial charge in [0.05, 0.1) is 0 Å². The molecule has 152 valence electrons. The zero-order valence-electron chi connectivity index (χ0n) is 17.3. The second kappa shape index (κ2) is 8.95. The van der Waals surface area contributed by atoms with E-state index in [1.165, 1.54) is 11.1 Å². The maximum Gasteiger partial charge on any atom is 0.253 e. The molecular weight excluding hydrogens is 372 g/mol. The lowest BCUT2D eigenvalue weighted by Gasteiger charge is -2.29. The highest BCUT2D eigenvalue weighted by molar-refractivity contribution is 5.94. The summed E-state index contributed by atoms with van der Waals surface area (Å²) in [5, 5.41) is 0. The minimum Gasteiger partial charge on any atom is -0.341 e. The van der Waals surface area contributed by atoms with Crippen LogP contribution in [-0.4, -0.2) is 41.8 Å². The fourth-order valence-electron chi connectivity index (χ4n) is 3.89. The lowest BCUT2D eigenvalue weighted by molar-refractivity contribution is -0.132. The first-order chi connectivity index (χ1) is 14.6. The van der Waals surface area contributed by atoms with Gasteiger partial charge in [-0.25, -0.2) is 0 Å². The highest BCUT2D eigenvalue weighted by Crippen LogP contribution is 2.21. The predicted molar refractivity (Wildman–Crippen MR) is 119 cm³/mol. The average molecular weight is 399 g/mol. The van der Waals surface area contributed by atoms with E-state index in [2.05, 4.69) is 12.1 Å². The van der Waals surface area contributed by atoms with Gasteiger partial charge in [0.25, 0.3) is 5.91 Å². The van der Waals surface area contributed by atoms with E-state index in [1.54, 1.807) is 11.9 Å². The molecule has 30 heavy (non-hydrogen) atoms. The molecular formula is C26H26N2O2. The lowest BCUT2D eigenvalue weighted by Crippen LogP contribution is -2.38. The van der Waals surface area contributed by atoms with Crippen LogP contribution in [0.15, 0.2) is 78.9 Å². The number of nitrogens with zero attached hydrogens (tertiary/aromatic N) is 2. The van der Waals surface area contributed by atoms with Gasteiger partial charge in [0.15, 0.2) is 0 Å². The van der Waals surface area contributed by atoms with Crippen molar-refractivity contribution >= 4 is 11.8 Å². The molecule has 4 heteroatoms. The Morgan fingerprint density at radius 1 is 0.833 bits per heavy atom. The topological polar surface area (TPSA) is 40.6 Å². The Kier molecular flexibility index (Phi) is 5.94. The standard InChI is InChI=1S/C26H26N2O2/c1-27(17-16-25(29)28-18-15-21-9-5-6-10-24(21)19-28)26(30)23-13-11-22(12-14-23)20-7-3-2-4-8-20/h2-14H,15-19H2,1H3. The molecule has 0 spiro atoms. The molecule has 0 atom stereocenters. The van der Waals surface area contributed by atoms with Crippen LogP contribution >= 0.6 is 0 Å². The van der Waals surface area contributed by atoms with Crippen LogP contribution in [0.5, 0.6) is 0 Å². The van der Waals surface area contributed by atoms with Crippen LogP contribution in [0.1, 0.15) is 27.9 Å². The smallest absolute Gasteiger partial charge is 0.253 e. The maximum absolute atomic E-state index is 12.7. The average Bonchev–Trinajstić information content (AvgIpc) is 2.82.